The summed E-state index contributed by atoms with van der Waals surface area (Å²) in [5.74, 6) is -1.42. The lowest BCUT2D eigenvalue weighted by molar-refractivity contribution is -0.149. The van der Waals surface area contributed by atoms with Crippen molar-refractivity contribution in [1.29, 1.82) is 0 Å². The lowest BCUT2D eigenvalue weighted by Crippen LogP contribution is -2.54. The van der Waals surface area contributed by atoms with Crippen LogP contribution in [0.4, 0.5) is 0 Å². The average molecular weight is 903 g/mol. The van der Waals surface area contributed by atoms with E-state index in [0.29, 0.717) is 31.4 Å². The van der Waals surface area contributed by atoms with Crippen LogP contribution in [0.1, 0.15) is 136 Å². The van der Waals surface area contributed by atoms with Crippen LogP contribution < -0.4 is 5.32 Å². The summed E-state index contributed by atoms with van der Waals surface area (Å²) in [5.41, 5.74) is 3.08. The Morgan fingerprint density at radius 3 is 1.98 bits per heavy atom. The number of hydrogen-bond acceptors (Lipinski definition) is 8. The number of methoxy groups -OCH3 is 2. The van der Waals surface area contributed by atoms with Crippen LogP contribution in [-0.4, -0.2) is 122 Å². The third-order valence-electron chi connectivity index (χ3n) is 13.7. The van der Waals surface area contributed by atoms with E-state index in [0.717, 1.165) is 24.8 Å². The molecule has 1 N–H and O–H groups in total. The number of carbonyl (C=O) groups excluding carboxylic acids is 5. The van der Waals surface area contributed by atoms with E-state index < -0.39 is 30.1 Å². The second-order valence-electron chi connectivity index (χ2n) is 21.1. The van der Waals surface area contributed by atoms with Gasteiger partial charge in [-0.3, -0.25) is 28.9 Å². The topological polar surface area (TPSA) is 126 Å². The predicted octanol–water partition coefficient (Wildman–Crippen LogP) is 8.70. The summed E-state index contributed by atoms with van der Waals surface area (Å²) < 4.78 is 12.2. The molecule has 3 amide bonds. The molecule has 3 rings (SSSR count). The van der Waals surface area contributed by atoms with Gasteiger partial charge < -0.3 is 24.6 Å². The van der Waals surface area contributed by atoms with Gasteiger partial charge in [-0.15, -0.1) is 0 Å². The SMILES string of the molecule is CC[C@H](C)[C@@H]([C@@H](CC(=O)N1CCC[C@H]1[C@H](OC)[C@@H](C)C(=O)N[C@H](CCC(=O)c1ccc(CC(C)(C)C)cc1)Cc1ccccc1)OC)N(C)C(=O)[C@@H](CC(=O)[C@H](C(C)C)N(C)C)C(C)C. The number of ketones is 2. The minimum absolute atomic E-state index is 0.00155. The zero-order valence-corrected chi connectivity index (χ0v) is 42.8. The summed E-state index contributed by atoms with van der Waals surface area (Å²) in [7, 11) is 8.78. The predicted molar refractivity (Wildman–Crippen MR) is 262 cm³/mol. The smallest absolute Gasteiger partial charge is 0.226 e. The molecule has 1 saturated heterocycles. The second-order valence-corrected chi connectivity index (χ2v) is 21.1. The minimum atomic E-state index is -0.606. The minimum Gasteiger partial charge on any atom is -0.379 e. The van der Waals surface area contributed by atoms with E-state index in [1.807, 2.05) is 113 Å². The standard InChI is InChI=1S/C54H86N4O7/c1-16-37(6)50(57(13)53(63)43(35(2)3)32-46(60)49(36(4)5)56(11)12)47(64-14)33-48(61)58-30-20-23-44(58)51(65-15)38(7)52(62)55-42(31-39-21-18-17-19-22-39)28-29-45(59)41-26-24-40(25-27-41)34-54(8,9)10/h17-19,21-22,24-27,35-38,42-44,47,49-51H,16,20,23,28-34H2,1-15H3,(H,55,62)/t37-,38+,42+,43-,44-,47+,49-,50-,51+/m0/s1. The third-order valence-corrected chi connectivity index (χ3v) is 13.7. The number of benzene rings is 2. The van der Waals surface area contributed by atoms with Crippen molar-refractivity contribution in [3.05, 3.63) is 71.3 Å². The molecular weight excluding hydrogens is 817 g/mol. The highest BCUT2D eigenvalue weighted by Gasteiger charge is 2.43. The van der Waals surface area contributed by atoms with Crippen molar-refractivity contribution in [1.82, 2.24) is 20.0 Å². The highest BCUT2D eigenvalue weighted by molar-refractivity contribution is 5.96. The van der Waals surface area contributed by atoms with E-state index in [2.05, 4.69) is 39.9 Å². The molecule has 0 aromatic heterocycles. The van der Waals surface area contributed by atoms with Crippen LogP contribution in [0.2, 0.25) is 0 Å². The van der Waals surface area contributed by atoms with E-state index in [1.165, 1.54) is 5.56 Å². The van der Waals surface area contributed by atoms with Crippen LogP contribution in [0.15, 0.2) is 54.6 Å². The largest absolute Gasteiger partial charge is 0.379 e. The number of hydrogen-bond donors (Lipinski definition) is 1. The highest BCUT2D eigenvalue weighted by atomic mass is 16.5. The summed E-state index contributed by atoms with van der Waals surface area (Å²) in [6.45, 7) is 21.1. The zero-order chi connectivity index (χ0) is 48.8. The van der Waals surface area contributed by atoms with Gasteiger partial charge in [0.15, 0.2) is 11.6 Å². The Kier molecular flexibility index (Phi) is 22.0. The maximum Gasteiger partial charge on any atom is 0.226 e. The lowest BCUT2D eigenvalue weighted by atomic mass is 9.83. The molecule has 1 aliphatic rings. The summed E-state index contributed by atoms with van der Waals surface area (Å²) in [6, 6.07) is 16.5. The number of Topliss-reactive ketones (excluding diaryl/α,β-unsaturated/α-hetero) is 2. The molecule has 364 valence electrons. The van der Waals surface area contributed by atoms with Gasteiger partial charge in [0.05, 0.1) is 42.7 Å². The first-order valence-corrected chi connectivity index (χ1v) is 24.3. The van der Waals surface area contributed by atoms with E-state index in [1.54, 1.807) is 26.2 Å². The van der Waals surface area contributed by atoms with Crippen molar-refractivity contribution in [3.63, 3.8) is 0 Å². The van der Waals surface area contributed by atoms with Crippen molar-refractivity contribution in [3.8, 4) is 0 Å². The first-order valence-electron chi connectivity index (χ1n) is 24.3. The molecule has 0 radical (unpaired) electrons. The van der Waals surface area contributed by atoms with Crippen molar-refractivity contribution < 1.29 is 33.4 Å². The van der Waals surface area contributed by atoms with Gasteiger partial charge in [-0.25, -0.2) is 0 Å². The Labute approximate surface area is 393 Å². The maximum atomic E-state index is 14.5. The zero-order valence-electron chi connectivity index (χ0n) is 42.8. The number of ether oxygens (including phenoxy) is 2. The summed E-state index contributed by atoms with van der Waals surface area (Å²) in [4.78, 5) is 75.7. The molecule has 1 aliphatic heterocycles. The Hall–Kier alpha value is -3.93. The molecule has 0 aliphatic carbocycles. The molecule has 9 atom stereocenters. The summed E-state index contributed by atoms with van der Waals surface area (Å²) in [6.07, 6.45) is 3.45. The molecule has 1 fully saturated rings. The number of rotatable bonds is 26. The van der Waals surface area contributed by atoms with Gasteiger partial charge >= 0.3 is 0 Å². The van der Waals surface area contributed by atoms with Gasteiger partial charge in [0.2, 0.25) is 17.7 Å². The fourth-order valence-corrected chi connectivity index (χ4v) is 10.1. The van der Waals surface area contributed by atoms with Crippen molar-refractivity contribution in [2.75, 3.05) is 41.9 Å². The monoisotopic (exact) mass is 903 g/mol. The van der Waals surface area contributed by atoms with Gasteiger partial charge in [-0.05, 0) is 80.5 Å². The van der Waals surface area contributed by atoms with Crippen molar-refractivity contribution in [2.45, 2.75) is 163 Å². The number of likely N-dealkylation sites (N-methyl/N-ethyl adjacent to an activating group) is 2. The molecule has 1 heterocycles. The molecular formula is C54H86N4O7. The van der Waals surface area contributed by atoms with Crippen molar-refractivity contribution >= 4 is 29.3 Å². The van der Waals surface area contributed by atoms with E-state index in [-0.39, 0.29) is 89.8 Å². The quantitative estimate of drug-likeness (QED) is 0.0931. The van der Waals surface area contributed by atoms with Crippen LogP contribution in [0, 0.1) is 35.0 Å². The maximum absolute atomic E-state index is 14.5. The fraction of sp³-hybridized carbons (Fsp3) is 0.685. The first kappa shape index (κ1) is 55.4. The molecule has 2 aromatic rings. The van der Waals surface area contributed by atoms with Gasteiger partial charge in [-0.2, -0.15) is 0 Å². The Balaban J connectivity index is 1.78. The molecule has 0 spiro atoms. The molecule has 0 unspecified atom stereocenters. The molecule has 2 aromatic carbocycles. The fourth-order valence-electron chi connectivity index (χ4n) is 10.1. The normalized spacial score (nSPS) is 18.2. The second kappa shape index (κ2) is 25.8. The molecule has 11 nitrogen and oxygen atoms in total. The van der Waals surface area contributed by atoms with Crippen LogP contribution in [0.25, 0.3) is 0 Å². The van der Waals surface area contributed by atoms with Gasteiger partial charge in [0.25, 0.3) is 0 Å². The number of nitrogens with zero attached hydrogens (tertiary/aromatic N) is 3. The number of amides is 3. The lowest BCUT2D eigenvalue weighted by Gasteiger charge is -2.41. The Morgan fingerprint density at radius 2 is 1.46 bits per heavy atom. The number of carbonyl (C=O) groups is 5. The molecule has 11 heteroatoms. The van der Waals surface area contributed by atoms with Gasteiger partial charge in [0.1, 0.15) is 0 Å². The summed E-state index contributed by atoms with van der Waals surface area (Å²) >= 11 is 0. The average Bonchev–Trinajstić information content (AvgIpc) is 3.73. The van der Waals surface area contributed by atoms with Crippen molar-refractivity contribution in [2.24, 2.45) is 35.0 Å². The molecule has 0 bridgehead atoms. The third kappa shape index (κ3) is 16.1. The van der Waals surface area contributed by atoms with E-state index in [4.69, 9.17) is 9.47 Å². The molecule has 65 heavy (non-hydrogen) atoms. The van der Waals surface area contributed by atoms with Gasteiger partial charge in [-0.1, -0.05) is 130 Å². The van der Waals surface area contributed by atoms with E-state index in [9.17, 15) is 24.0 Å². The number of likely N-dealkylation sites (tertiary alicyclic amines) is 1. The highest BCUT2D eigenvalue weighted by Crippen LogP contribution is 2.31. The van der Waals surface area contributed by atoms with Crippen LogP contribution in [-0.2, 0) is 41.5 Å². The van der Waals surface area contributed by atoms with Gasteiger partial charge in [0, 0.05) is 58.2 Å². The van der Waals surface area contributed by atoms with E-state index >= 15 is 0 Å². The Bertz CT molecular complexity index is 1800. The Morgan fingerprint density at radius 1 is 0.831 bits per heavy atom. The summed E-state index contributed by atoms with van der Waals surface area (Å²) in [5, 5.41) is 3.28. The van der Waals surface area contributed by atoms with Crippen LogP contribution in [0.5, 0.6) is 0 Å². The van der Waals surface area contributed by atoms with Crippen LogP contribution in [0.3, 0.4) is 0 Å². The van der Waals surface area contributed by atoms with Crippen LogP contribution >= 0.6 is 0 Å². The first-order chi connectivity index (χ1) is 30.5. The number of nitrogens with one attached hydrogen (secondary N) is 1. The molecule has 0 saturated carbocycles.